The second kappa shape index (κ2) is 11.1. The highest BCUT2D eigenvalue weighted by molar-refractivity contribution is 8.93. The summed E-state index contributed by atoms with van der Waals surface area (Å²) in [5.74, 6) is 0.883. The molecule has 152 valence electrons. The molecular formula is C19H30BrN3O3S. The third kappa shape index (κ3) is 6.54. The van der Waals surface area contributed by atoms with Crippen LogP contribution in [0.3, 0.4) is 0 Å². The van der Waals surface area contributed by atoms with Crippen LogP contribution < -0.4 is 10.6 Å². The Hall–Kier alpha value is -0.990. The van der Waals surface area contributed by atoms with Crippen LogP contribution in [0.1, 0.15) is 72.8 Å². The minimum atomic E-state index is -0.131. The third-order valence-electron chi connectivity index (χ3n) is 5.61. The first-order chi connectivity index (χ1) is 12.7. The van der Waals surface area contributed by atoms with Gasteiger partial charge in [-0.05, 0) is 64.0 Å². The highest BCUT2D eigenvalue weighted by atomic mass is 79.9. The number of aromatic nitrogens is 1. The largest absolute Gasteiger partial charge is 0.469 e. The highest BCUT2D eigenvalue weighted by Gasteiger charge is 2.25. The van der Waals surface area contributed by atoms with Crippen molar-refractivity contribution < 1.29 is 14.3 Å². The number of nitrogens with zero attached hydrogens (tertiary/aromatic N) is 1. The van der Waals surface area contributed by atoms with Gasteiger partial charge in [0.2, 0.25) is 0 Å². The number of nitrogens with one attached hydrogen (secondary N) is 2. The molecule has 2 fully saturated rings. The van der Waals surface area contributed by atoms with Crippen molar-refractivity contribution in [2.45, 2.75) is 63.3 Å². The topological polar surface area (TPSA) is 80.3 Å². The van der Waals surface area contributed by atoms with E-state index in [-0.39, 0.29) is 34.9 Å². The van der Waals surface area contributed by atoms with E-state index in [0.717, 1.165) is 63.0 Å². The number of esters is 1. The average molecular weight is 460 g/mol. The summed E-state index contributed by atoms with van der Waals surface area (Å²) in [7, 11) is 1.43. The van der Waals surface area contributed by atoms with E-state index >= 15 is 0 Å². The smallest absolute Gasteiger partial charge is 0.305 e. The molecule has 3 rings (SSSR count). The zero-order chi connectivity index (χ0) is 18.4. The number of carbonyl (C=O) groups excluding carboxylic acids is 2. The SMILES string of the molecule is Br.COC(=O)CCC1CCC(NC(=O)c2csc(C3CCNCC3)n2)CC1. The van der Waals surface area contributed by atoms with E-state index in [4.69, 9.17) is 4.74 Å². The second-order valence-corrected chi connectivity index (χ2v) is 8.29. The molecule has 2 N–H and O–H groups in total. The van der Waals surface area contributed by atoms with Crippen molar-refractivity contribution in [2.24, 2.45) is 5.92 Å². The molecule has 6 nitrogen and oxygen atoms in total. The molecule has 0 radical (unpaired) electrons. The number of halogens is 1. The third-order valence-corrected chi connectivity index (χ3v) is 6.62. The maximum Gasteiger partial charge on any atom is 0.305 e. The maximum atomic E-state index is 12.5. The monoisotopic (exact) mass is 459 g/mol. The van der Waals surface area contributed by atoms with Crippen LogP contribution in [0.25, 0.3) is 0 Å². The van der Waals surface area contributed by atoms with Crippen LogP contribution in [0.4, 0.5) is 0 Å². The molecule has 1 aliphatic heterocycles. The summed E-state index contributed by atoms with van der Waals surface area (Å²) in [4.78, 5) is 28.4. The number of thiazole rings is 1. The quantitative estimate of drug-likeness (QED) is 0.636. The molecule has 2 aliphatic rings. The van der Waals surface area contributed by atoms with Gasteiger partial charge in [-0.3, -0.25) is 9.59 Å². The number of carbonyl (C=O) groups is 2. The van der Waals surface area contributed by atoms with Crippen LogP contribution in [0, 0.1) is 5.92 Å². The van der Waals surface area contributed by atoms with Crippen LogP contribution in [0.2, 0.25) is 0 Å². The Morgan fingerprint density at radius 1 is 1.22 bits per heavy atom. The highest BCUT2D eigenvalue weighted by Crippen LogP contribution is 2.29. The Bertz CT molecular complexity index is 611. The maximum absolute atomic E-state index is 12.5. The molecule has 1 saturated carbocycles. The molecule has 1 saturated heterocycles. The number of piperidine rings is 1. The molecule has 1 aromatic rings. The summed E-state index contributed by atoms with van der Waals surface area (Å²) in [5, 5.41) is 9.51. The number of ether oxygens (including phenoxy) is 1. The summed E-state index contributed by atoms with van der Waals surface area (Å²) >= 11 is 1.61. The Morgan fingerprint density at radius 3 is 2.59 bits per heavy atom. The van der Waals surface area contributed by atoms with Crippen LogP contribution in [0.15, 0.2) is 5.38 Å². The van der Waals surface area contributed by atoms with Crippen LogP contribution in [0.5, 0.6) is 0 Å². The van der Waals surface area contributed by atoms with Gasteiger partial charge in [0.15, 0.2) is 0 Å². The molecule has 8 heteroatoms. The number of methoxy groups -OCH3 is 1. The van der Waals surface area contributed by atoms with Crippen LogP contribution in [-0.2, 0) is 9.53 Å². The van der Waals surface area contributed by atoms with E-state index in [1.165, 1.54) is 7.11 Å². The Balaban J connectivity index is 0.00000261. The number of hydrogen-bond donors (Lipinski definition) is 2. The molecule has 27 heavy (non-hydrogen) atoms. The van der Waals surface area contributed by atoms with Gasteiger partial charge in [-0.1, -0.05) is 0 Å². The lowest BCUT2D eigenvalue weighted by Gasteiger charge is -2.28. The Labute approximate surface area is 175 Å². The summed E-state index contributed by atoms with van der Waals surface area (Å²) in [6.07, 6.45) is 7.65. The van der Waals surface area contributed by atoms with Gasteiger partial charge in [-0.2, -0.15) is 0 Å². The fraction of sp³-hybridized carbons (Fsp3) is 0.737. The van der Waals surface area contributed by atoms with E-state index in [1.54, 1.807) is 11.3 Å². The number of hydrogen-bond acceptors (Lipinski definition) is 6. The molecular weight excluding hydrogens is 430 g/mol. The van der Waals surface area contributed by atoms with Gasteiger partial charge in [0.1, 0.15) is 5.69 Å². The van der Waals surface area contributed by atoms with Crippen molar-refractivity contribution in [3.05, 3.63) is 16.1 Å². The number of amides is 1. The zero-order valence-electron chi connectivity index (χ0n) is 15.9. The molecule has 1 amide bonds. The summed E-state index contributed by atoms with van der Waals surface area (Å²) < 4.78 is 4.70. The molecule has 0 atom stereocenters. The van der Waals surface area contributed by atoms with E-state index in [2.05, 4.69) is 15.6 Å². The molecule has 0 spiro atoms. The van der Waals surface area contributed by atoms with Crippen molar-refractivity contribution in [3.63, 3.8) is 0 Å². The van der Waals surface area contributed by atoms with E-state index < -0.39 is 0 Å². The van der Waals surface area contributed by atoms with Gasteiger partial charge in [-0.25, -0.2) is 4.98 Å². The van der Waals surface area contributed by atoms with Gasteiger partial charge in [0, 0.05) is 23.8 Å². The summed E-state index contributed by atoms with van der Waals surface area (Å²) in [6, 6.07) is 0.223. The lowest BCUT2D eigenvalue weighted by Crippen LogP contribution is -2.37. The van der Waals surface area contributed by atoms with Crippen molar-refractivity contribution in [1.82, 2.24) is 15.6 Å². The minimum absolute atomic E-state index is 0. The molecule has 1 aliphatic carbocycles. The molecule has 0 bridgehead atoms. The van der Waals surface area contributed by atoms with E-state index in [1.807, 2.05) is 5.38 Å². The van der Waals surface area contributed by atoms with Gasteiger partial charge in [0.25, 0.3) is 5.91 Å². The van der Waals surface area contributed by atoms with Crippen molar-refractivity contribution in [1.29, 1.82) is 0 Å². The van der Waals surface area contributed by atoms with Crippen molar-refractivity contribution in [2.75, 3.05) is 20.2 Å². The zero-order valence-corrected chi connectivity index (χ0v) is 18.4. The predicted molar refractivity (Wildman–Crippen MR) is 112 cm³/mol. The Kier molecular flexibility index (Phi) is 9.18. The van der Waals surface area contributed by atoms with Gasteiger partial charge >= 0.3 is 5.97 Å². The first-order valence-corrected chi connectivity index (χ1v) is 10.6. The minimum Gasteiger partial charge on any atom is -0.469 e. The van der Waals surface area contributed by atoms with Crippen molar-refractivity contribution >= 4 is 40.2 Å². The van der Waals surface area contributed by atoms with Gasteiger partial charge in [-0.15, -0.1) is 28.3 Å². The van der Waals surface area contributed by atoms with Crippen LogP contribution in [-0.4, -0.2) is 43.1 Å². The molecule has 0 aromatic carbocycles. The average Bonchev–Trinajstić information content (AvgIpc) is 3.18. The van der Waals surface area contributed by atoms with E-state index in [9.17, 15) is 9.59 Å². The first-order valence-electron chi connectivity index (χ1n) is 9.69. The van der Waals surface area contributed by atoms with E-state index in [0.29, 0.717) is 24.0 Å². The first kappa shape index (κ1) is 22.3. The lowest BCUT2D eigenvalue weighted by molar-refractivity contribution is -0.141. The standard InChI is InChI=1S/C19H29N3O3S.BrH/c1-25-17(23)7-4-13-2-5-15(6-3-13)21-18(24)16-12-26-19(22-16)14-8-10-20-11-9-14;/h12-15,20H,2-11H2,1H3,(H,21,24);1H. The molecule has 1 aromatic heterocycles. The normalized spacial score (nSPS) is 23.3. The molecule has 0 unspecified atom stereocenters. The van der Waals surface area contributed by atoms with Gasteiger partial charge < -0.3 is 15.4 Å². The van der Waals surface area contributed by atoms with Gasteiger partial charge in [0.05, 0.1) is 12.1 Å². The summed E-state index contributed by atoms with van der Waals surface area (Å²) in [5.41, 5.74) is 0.566. The number of rotatable bonds is 6. The summed E-state index contributed by atoms with van der Waals surface area (Å²) in [6.45, 7) is 2.07. The van der Waals surface area contributed by atoms with Crippen molar-refractivity contribution in [3.8, 4) is 0 Å². The Morgan fingerprint density at radius 2 is 1.93 bits per heavy atom. The molecule has 2 heterocycles. The predicted octanol–water partition coefficient (Wildman–Crippen LogP) is 3.43. The fourth-order valence-electron chi connectivity index (χ4n) is 3.93. The lowest BCUT2D eigenvalue weighted by atomic mass is 9.83. The van der Waals surface area contributed by atoms with Crippen LogP contribution >= 0.6 is 28.3 Å². The second-order valence-electron chi connectivity index (χ2n) is 7.40. The fourth-order valence-corrected chi connectivity index (χ4v) is 4.90.